The summed E-state index contributed by atoms with van der Waals surface area (Å²) in [4.78, 5) is 189. The van der Waals surface area contributed by atoms with Crippen LogP contribution in [0.5, 0.6) is 0 Å². The molecule has 714 valence electrons. The molecule has 5 unspecified atom stereocenters. The van der Waals surface area contributed by atoms with E-state index in [1.54, 1.807) is 121 Å². The summed E-state index contributed by atoms with van der Waals surface area (Å²) < 4.78 is 71.5. The molecule has 0 bridgehead atoms. The number of rotatable bonds is 40. The monoisotopic (exact) mass is 2070 g/mol. The van der Waals surface area contributed by atoms with Gasteiger partial charge in [0.2, 0.25) is 23.1 Å². The number of ether oxygens (including phenoxy) is 1. The van der Waals surface area contributed by atoms with E-state index in [0.29, 0.717) is 46.8 Å². The van der Waals surface area contributed by atoms with Crippen molar-refractivity contribution in [2.24, 2.45) is 22.9 Å². The Hall–Kier alpha value is -16.0. The minimum atomic E-state index is -1.16. The van der Waals surface area contributed by atoms with Gasteiger partial charge in [0.25, 0.3) is 53.2 Å². The zero-order valence-corrected chi connectivity index (χ0v) is 79.3. The summed E-state index contributed by atoms with van der Waals surface area (Å²) in [7, 11) is 0. The highest BCUT2D eigenvalue weighted by Crippen LogP contribution is 2.27. The van der Waals surface area contributed by atoms with Gasteiger partial charge in [0.15, 0.2) is 49.8 Å². The summed E-state index contributed by atoms with van der Waals surface area (Å²) in [6, 6.07) is 59.4. The number of hydrogen-bond acceptors (Lipinski definition) is 33. The maximum absolute atomic E-state index is 13.1. The lowest BCUT2D eigenvalue weighted by molar-refractivity contribution is -0.137. The van der Waals surface area contributed by atoms with E-state index >= 15 is 0 Å². The van der Waals surface area contributed by atoms with Gasteiger partial charge in [-0.25, -0.2) is 8.78 Å². The summed E-state index contributed by atoms with van der Waals surface area (Å²) in [5.41, 5.74) is 29.3. The number of amides is 9. The van der Waals surface area contributed by atoms with Crippen molar-refractivity contribution in [1.82, 2.24) is 80.3 Å². The second kappa shape index (κ2) is 54.1. The lowest BCUT2D eigenvalue weighted by Gasteiger charge is -2.16. The van der Waals surface area contributed by atoms with Gasteiger partial charge in [0, 0.05) is 61.2 Å². The Kier molecular flexibility index (Phi) is 41.0. The molecule has 140 heavy (non-hydrogen) atoms. The molecule has 0 aliphatic carbocycles. The maximum atomic E-state index is 13.1. The molecule has 5 atom stereocenters. The van der Waals surface area contributed by atoms with Crippen molar-refractivity contribution in [3.05, 3.63) is 332 Å². The Bertz CT molecular complexity index is 6600. The average molecular weight is 2070 g/mol. The number of alkyl halides is 1. The van der Waals surface area contributed by atoms with Crippen LogP contribution in [0.25, 0.3) is 33.9 Å². The molecule has 9 amide bonds. The van der Waals surface area contributed by atoms with E-state index in [1.807, 2.05) is 78.9 Å². The van der Waals surface area contributed by atoms with Gasteiger partial charge in [-0.15, -0.1) is 6.42 Å². The maximum Gasteiger partial charge on any atom is 0.287 e. The van der Waals surface area contributed by atoms with E-state index in [1.165, 1.54) is 42.9 Å². The highest BCUT2D eigenvalue weighted by Gasteiger charge is 2.34. The van der Waals surface area contributed by atoms with Crippen molar-refractivity contribution in [2.75, 3.05) is 13.3 Å². The number of aryl methyl sites for hydroxylation is 1. The normalized spacial score (nSPS) is 11.6. The highest BCUT2D eigenvalue weighted by atomic mass is 79.9. The molecule has 0 spiro atoms. The fraction of sp³-hybridized carbons (Fsp3) is 0.160. The Balaban J connectivity index is 0.000000183. The zero-order chi connectivity index (χ0) is 101. The van der Waals surface area contributed by atoms with Crippen LogP contribution in [0.1, 0.15) is 108 Å². The summed E-state index contributed by atoms with van der Waals surface area (Å²) in [6.07, 6.45) is 11.0. The first-order chi connectivity index (χ1) is 67.5. The Labute approximate surface area is 829 Å². The van der Waals surface area contributed by atoms with E-state index in [4.69, 9.17) is 45.7 Å². The van der Waals surface area contributed by atoms with Crippen molar-refractivity contribution in [1.29, 1.82) is 0 Å². The minimum absolute atomic E-state index is 0.00386. The number of halogens is 4. The first-order valence-electron chi connectivity index (χ1n) is 41.3. The van der Waals surface area contributed by atoms with E-state index in [0.717, 1.165) is 97.6 Å². The topological polar surface area (TPSA) is 584 Å². The van der Waals surface area contributed by atoms with E-state index in [9.17, 15) is 80.7 Å². The molecule has 46 heteroatoms. The van der Waals surface area contributed by atoms with Crippen LogP contribution >= 0.6 is 86.2 Å². The van der Waals surface area contributed by atoms with Gasteiger partial charge in [-0.05, 0) is 92.0 Å². The van der Waals surface area contributed by atoms with Gasteiger partial charge in [0.1, 0.15) is 66.0 Å². The van der Waals surface area contributed by atoms with Gasteiger partial charge in [-0.1, -0.05) is 218 Å². The Morgan fingerprint density at radius 1 is 0.393 bits per heavy atom. The number of ketones is 6. The number of terminal acetylenes is 1. The molecule has 0 saturated heterocycles. The fourth-order valence-corrected chi connectivity index (χ4v) is 16.1. The predicted octanol–water partition coefficient (Wildman–Crippen LogP) is 8.46. The number of Topliss-reactive ketones (excluding diaryl/α,β-unsaturated/α-hetero) is 6. The molecule has 6 heterocycles. The van der Waals surface area contributed by atoms with E-state index in [-0.39, 0.29) is 94.8 Å². The molecule has 0 aliphatic heterocycles. The molecule has 0 aliphatic rings. The van der Waals surface area contributed by atoms with Gasteiger partial charge >= 0.3 is 0 Å². The number of carbonyl (C=O) groups is 15. The summed E-state index contributed by atoms with van der Waals surface area (Å²) in [5.74, 6) is -10.00. The predicted molar refractivity (Wildman–Crippen MR) is 516 cm³/mol. The molecule has 13 N–H and O–H groups in total. The van der Waals surface area contributed by atoms with Gasteiger partial charge < -0.3 is 54.3 Å². The second-order valence-corrected chi connectivity index (χ2v) is 33.1. The summed E-state index contributed by atoms with van der Waals surface area (Å²) >= 11 is 13.0. The third-order valence-electron chi connectivity index (χ3n) is 19.7. The van der Waals surface area contributed by atoms with Crippen LogP contribution in [0, 0.1) is 18.2 Å². The zero-order valence-electron chi connectivity index (χ0n) is 72.9. The molecular formula is C94H79BrClF2N21O16S5. The first kappa shape index (κ1) is 106. The highest BCUT2D eigenvalue weighted by molar-refractivity contribution is 9.10. The summed E-state index contributed by atoms with van der Waals surface area (Å²) in [5, 5.41) is 12.5. The molecule has 0 radical (unpaired) electrons. The number of nitrogens with two attached hydrogens (primary N) is 4. The van der Waals surface area contributed by atoms with Crippen molar-refractivity contribution in [3.63, 3.8) is 0 Å². The van der Waals surface area contributed by atoms with Gasteiger partial charge in [-0.3, -0.25) is 81.9 Å². The number of benzene rings is 8. The third-order valence-corrected chi connectivity index (χ3v) is 23.5. The van der Waals surface area contributed by atoms with Crippen molar-refractivity contribution < 1.29 is 85.4 Å². The first-order valence-corrected chi connectivity index (χ1v) is 46.2. The van der Waals surface area contributed by atoms with Gasteiger partial charge in [0.05, 0.1) is 77.5 Å². The lowest BCUT2D eigenvalue weighted by Crippen LogP contribution is -2.47. The summed E-state index contributed by atoms with van der Waals surface area (Å²) in [6.45, 7) is -0.563. The lowest BCUT2D eigenvalue weighted by atomic mass is 10.0. The van der Waals surface area contributed by atoms with Crippen LogP contribution in [0.4, 0.5) is 8.78 Å². The number of carbonyl (C=O) groups excluding carboxylic acids is 15. The molecule has 6 aromatic heterocycles. The molecule has 14 rings (SSSR count). The van der Waals surface area contributed by atoms with Crippen LogP contribution < -0.4 is 49.5 Å². The number of primary amides is 4. The van der Waals surface area contributed by atoms with Crippen LogP contribution in [0.3, 0.4) is 0 Å². The average Bonchev–Trinajstić information content (AvgIpc) is 1.64. The minimum Gasteiger partial charge on any atom is -0.364 e. The van der Waals surface area contributed by atoms with Crippen molar-refractivity contribution in [2.45, 2.75) is 81.8 Å². The van der Waals surface area contributed by atoms with Crippen LogP contribution in [0.15, 0.2) is 248 Å². The SMILES string of the molecule is C#CCOCc1ccc(-c2nsnc2C(=O)NC(Cc2ccccc2)C(=O)CF)cc1.NC(=O)C(=O)C(Cc1ccccc1)NC(=O)c1nsnc1-c1ccc(CCC(=O)c2ccc(F)cc2)cc1.NC(=O)C(=O)C(Cc1ccccc1)NC(=O)c1nsnc1-c1cnccn1.NC(=O)C(=O)C(Cc1ccccc1)NC(=O)c1nsnc1Br.NC(=O)C(=O)C(Cc1ccccc1)NC(=O)c1nsnc1Cl. The standard InChI is InChI=1S/C28H23FN4O4S.C23H20FN3O3S.C17H14N6O3S.C13H11BrN4O3S.C13H11ClN4O3S/c29-21-13-11-19(12-14-21)23(34)15-8-17-6-9-20(10-7-17)24-25(33-38-32-24)28(37)31-22(26(35)27(30)36)16-18-4-2-1-3-5-18;1-2-12-30-15-17-8-10-18(11-9-17)21-22(27-31-26-21)23(29)25-19(20(28)14-24)13-16-6-4-3-5-7-16;18-16(25)15(24)11(8-10-4-2-1-3-5-10)21-17(26)14-13(22-27-23-14)12-9-19-6-7-20-12;2*14-11-9(17-22-18-11)13(21)16-8(10(19)12(15)20)6-7-4-2-1-3-5-7/h1-7,9-14,22H,8,15-16H2,(H2,30,36)(H,31,37);1,3-11,19H,12-15H2,(H,25,29);1-7,9,11H,8H2,(H2,18,25)(H,21,26);2*1-5,8H,6H2,(H2,15,20)(H,16,21). The molecule has 8 aromatic carbocycles. The van der Waals surface area contributed by atoms with Crippen LogP contribution in [0.2, 0.25) is 5.15 Å². The van der Waals surface area contributed by atoms with Crippen molar-refractivity contribution in [3.8, 4) is 46.2 Å². The van der Waals surface area contributed by atoms with E-state index < -0.39 is 125 Å². The second-order valence-electron chi connectivity index (χ2n) is 29.4. The van der Waals surface area contributed by atoms with Crippen LogP contribution in [-0.4, -0.2) is 185 Å². The third kappa shape index (κ3) is 32.1. The number of aromatic nitrogens is 12. The molecule has 37 nitrogen and oxygen atoms in total. The number of nitrogens with zero attached hydrogens (tertiary/aromatic N) is 12. The van der Waals surface area contributed by atoms with Crippen LogP contribution in [-0.2, 0) is 93.0 Å². The van der Waals surface area contributed by atoms with Crippen molar-refractivity contribution >= 4 is 174 Å². The fourth-order valence-electron chi connectivity index (χ4n) is 12.7. The molecule has 14 aromatic rings. The molecule has 0 fully saturated rings. The molecular weight excluding hydrogens is 1990 g/mol. The number of hydrogen-bond donors (Lipinski definition) is 9. The molecule has 0 saturated carbocycles. The smallest absolute Gasteiger partial charge is 0.287 e. The van der Waals surface area contributed by atoms with E-state index in [2.05, 4.69) is 102 Å². The Morgan fingerprint density at radius 3 is 1.08 bits per heavy atom. The Morgan fingerprint density at radius 2 is 0.729 bits per heavy atom. The quantitative estimate of drug-likeness (QED) is 0.00752. The van der Waals surface area contributed by atoms with Gasteiger partial charge in [-0.2, -0.15) is 43.7 Å². The largest absolute Gasteiger partial charge is 0.364 e. The number of nitrogens with one attached hydrogen (secondary N) is 5.